The Balaban J connectivity index is 2.13. The zero-order valence-corrected chi connectivity index (χ0v) is 12.5. The van der Waals surface area contributed by atoms with E-state index in [-0.39, 0.29) is 0 Å². The second kappa shape index (κ2) is 5.76. The topological polar surface area (TPSA) is 35.2 Å². The van der Waals surface area contributed by atoms with Crippen LogP contribution < -0.4 is 10.5 Å². The van der Waals surface area contributed by atoms with E-state index in [9.17, 15) is 0 Å². The van der Waals surface area contributed by atoms with Gasteiger partial charge in [0.15, 0.2) is 0 Å². The Morgan fingerprint density at radius 3 is 2.48 bits per heavy atom. The van der Waals surface area contributed by atoms with Crippen molar-refractivity contribution < 1.29 is 4.74 Å². The molecular weight excluding hydrogens is 282 g/mol. The summed E-state index contributed by atoms with van der Waals surface area (Å²) in [5.74, 6) is 1.62. The molecule has 3 rings (SSSR count). The highest BCUT2D eigenvalue weighted by Gasteiger charge is 2.10. The van der Waals surface area contributed by atoms with E-state index in [0.29, 0.717) is 6.54 Å². The van der Waals surface area contributed by atoms with Gasteiger partial charge in [-0.05, 0) is 24.6 Å². The highest BCUT2D eigenvalue weighted by molar-refractivity contribution is 6.35. The van der Waals surface area contributed by atoms with Crippen molar-refractivity contribution in [2.75, 3.05) is 0 Å². The molecule has 21 heavy (non-hydrogen) atoms. The Labute approximate surface area is 129 Å². The van der Waals surface area contributed by atoms with Crippen LogP contribution in [0, 0.1) is 6.92 Å². The van der Waals surface area contributed by atoms with Crippen molar-refractivity contribution in [3.63, 3.8) is 0 Å². The van der Waals surface area contributed by atoms with E-state index in [1.54, 1.807) is 0 Å². The van der Waals surface area contributed by atoms with Crippen molar-refractivity contribution in [2.45, 2.75) is 13.5 Å². The number of halogens is 1. The maximum atomic E-state index is 6.25. The van der Waals surface area contributed by atoms with Gasteiger partial charge in [0.1, 0.15) is 11.5 Å². The second-order valence-corrected chi connectivity index (χ2v) is 5.37. The van der Waals surface area contributed by atoms with Gasteiger partial charge in [0.25, 0.3) is 0 Å². The van der Waals surface area contributed by atoms with Gasteiger partial charge in [0.05, 0.1) is 0 Å². The number of hydrogen-bond donors (Lipinski definition) is 1. The fourth-order valence-corrected chi connectivity index (χ4v) is 2.68. The zero-order valence-electron chi connectivity index (χ0n) is 11.8. The third kappa shape index (κ3) is 2.60. The van der Waals surface area contributed by atoms with Crippen LogP contribution in [0.4, 0.5) is 0 Å². The summed E-state index contributed by atoms with van der Waals surface area (Å²) < 4.78 is 6.16. The molecular formula is C18H16ClNO. The summed E-state index contributed by atoms with van der Waals surface area (Å²) in [5, 5.41) is 2.71. The molecule has 3 aromatic rings. The second-order valence-electron chi connectivity index (χ2n) is 4.96. The van der Waals surface area contributed by atoms with Crippen LogP contribution in [-0.4, -0.2) is 0 Å². The first-order chi connectivity index (χ1) is 10.2. The van der Waals surface area contributed by atoms with E-state index >= 15 is 0 Å². The number of ether oxygens (including phenoxy) is 1. The summed E-state index contributed by atoms with van der Waals surface area (Å²) >= 11 is 6.25. The van der Waals surface area contributed by atoms with E-state index in [4.69, 9.17) is 22.1 Å². The largest absolute Gasteiger partial charge is 0.456 e. The average molecular weight is 298 g/mol. The number of benzene rings is 3. The monoisotopic (exact) mass is 297 g/mol. The Morgan fingerprint density at radius 2 is 1.71 bits per heavy atom. The lowest BCUT2D eigenvalue weighted by molar-refractivity contribution is 0.478. The van der Waals surface area contributed by atoms with Crippen molar-refractivity contribution in [1.29, 1.82) is 0 Å². The average Bonchev–Trinajstić information content (AvgIpc) is 2.52. The van der Waals surface area contributed by atoms with Crippen LogP contribution in [0.15, 0.2) is 54.6 Å². The fraction of sp³-hybridized carbons (Fsp3) is 0.111. The fourth-order valence-electron chi connectivity index (χ4n) is 2.45. The van der Waals surface area contributed by atoms with Crippen molar-refractivity contribution in [1.82, 2.24) is 0 Å². The van der Waals surface area contributed by atoms with Gasteiger partial charge in [-0.15, -0.1) is 0 Å². The van der Waals surface area contributed by atoms with E-state index in [2.05, 4.69) is 0 Å². The molecule has 0 bridgehead atoms. The molecule has 0 saturated heterocycles. The Hall–Kier alpha value is -2.03. The van der Waals surface area contributed by atoms with E-state index in [0.717, 1.165) is 38.4 Å². The van der Waals surface area contributed by atoms with Crippen LogP contribution in [0.3, 0.4) is 0 Å². The number of nitrogens with two attached hydrogens (primary N) is 1. The molecule has 2 N–H and O–H groups in total. The Kier molecular flexibility index (Phi) is 3.82. The first kappa shape index (κ1) is 13.9. The molecule has 0 spiro atoms. The minimum atomic E-state index is 0.447. The molecule has 0 aliphatic heterocycles. The molecule has 0 aliphatic carbocycles. The van der Waals surface area contributed by atoms with Crippen LogP contribution in [0.1, 0.15) is 11.1 Å². The van der Waals surface area contributed by atoms with Gasteiger partial charge >= 0.3 is 0 Å². The Morgan fingerprint density at radius 1 is 0.952 bits per heavy atom. The molecule has 0 atom stereocenters. The van der Waals surface area contributed by atoms with Crippen LogP contribution in [0.5, 0.6) is 11.5 Å². The van der Waals surface area contributed by atoms with Crippen LogP contribution in [0.25, 0.3) is 10.8 Å². The lowest BCUT2D eigenvalue weighted by atomic mass is 10.1. The molecule has 2 nitrogen and oxygen atoms in total. The van der Waals surface area contributed by atoms with Gasteiger partial charge < -0.3 is 10.5 Å². The van der Waals surface area contributed by atoms with Gasteiger partial charge in [0, 0.05) is 27.9 Å². The number of aryl methyl sites for hydroxylation is 1. The SMILES string of the molecule is Cc1cccc(CN)c1Oc1ccc(Cl)c2ccccc12. The van der Waals surface area contributed by atoms with Gasteiger partial charge in [-0.2, -0.15) is 0 Å². The first-order valence-electron chi connectivity index (χ1n) is 6.84. The lowest BCUT2D eigenvalue weighted by Crippen LogP contribution is -2.01. The number of hydrogen-bond acceptors (Lipinski definition) is 2. The van der Waals surface area contributed by atoms with E-state index in [1.165, 1.54) is 0 Å². The molecule has 0 heterocycles. The van der Waals surface area contributed by atoms with Gasteiger partial charge in [-0.1, -0.05) is 54.1 Å². The minimum absolute atomic E-state index is 0.447. The summed E-state index contributed by atoms with van der Waals surface area (Å²) in [7, 11) is 0. The van der Waals surface area contributed by atoms with Gasteiger partial charge in [-0.25, -0.2) is 0 Å². The first-order valence-corrected chi connectivity index (χ1v) is 7.22. The third-order valence-corrected chi connectivity index (χ3v) is 3.89. The van der Waals surface area contributed by atoms with E-state index in [1.807, 2.05) is 61.5 Å². The van der Waals surface area contributed by atoms with Crippen LogP contribution in [-0.2, 0) is 6.54 Å². The molecule has 3 aromatic carbocycles. The van der Waals surface area contributed by atoms with Crippen LogP contribution >= 0.6 is 11.6 Å². The van der Waals surface area contributed by atoms with Crippen LogP contribution in [0.2, 0.25) is 5.02 Å². The maximum Gasteiger partial charge on any atom is 0.135 e. The smallest absolute Gasteiger partial charge is 0.135 e. The molecule has 3 heteroatoms. The molecule has 0 amide bonds. The molecule has 0 saturated carbocycles. The normalized spacial score (nSPS) is 10.8. The number of fused-ring (bicyclic) bond motifs is 1. The maximum absolute atomic E-state index is 6.25. The molecule has 0 aliphatic rings. The molecule has 0 radical (unpaired) electrons. The molecule has 0 fully saturated rings. The third-order valence-electron chi connectivity index (χ3n) is 3.56. The summed E-state index contributed by atoms with van der Waals surface area (Å²) in [6, 6.07) is 17.7. The molecule has 0 unspecified atom stereocenters. The highest BCUT2D eigenvalue weighted by atomic mass is 35.5. The van der Waals surface area contributed by atoms with Crippen molar-refractivity contribution in [2.24, 2.45) is 5.73 Å². The summed E-state index contributed by atoms with van der Waals surface area (Å²) in [6.07, 6.45) is 0. The summed E-state index contributed by atoms with van der Waals surface area (Å²) in [6.45, 7) is 2.47. The predicted molar refractivity (Wildman–Crippen MR) is 88.1 cm³/mol. The van der Waals surface area contributed by atoms with Gasteiger partial charge in [0.2, 0.25) is 0 Å². The predicted octanol–water partition coefficient (Wildman–Crippen LogP) is 5.05. The van der Waals surface area contributed by atoms with E-state index < -0.39 is 0 Å². The standard InChI is InChI=1S/C18H16ClNO/c1-12-5-4-6-13(11-20)18(12)21-17-10-9-16(19)14-7-2-3-8-15(14)17/h2-10H,11,20H2,1H3. The highest BCUT2D eigenvalue weighted by Crippen LogP contribution is 2.36. The molecule has 106 valence electrons. The minimum Gasteiger partial charge on any atom is -0.456 e. The van der Waals surface area contributed by atoms with Gasteiger partial charge in [-0.3, -0.25) is 0 Å². The Bertz CT molecular complexity index is 798. The summed E-state index contributed by atoms with van der Waals surface area (Å²) in [5.41, 5.74) is 7.87. The number of rotatable bonds is 3. The lowest BCUT2D eigenvalue weighted by Gasteiger charge is -2.15. The number of para-hydroxylation sites is 1. The zero-order chi connectivity index (χ0) is 14.8. The van der Waals surface area contributed by atoms with Crippen molar-refractivity contribution in [3.05, 3.63) is 70.7 Å². The van der Waals surface area contributed by atoms with Crippen molar-refractivity contribution in [3.8, 4) is 11.5 Å². The molecule has 0 aromatic heterocycles. The van der Waals surface area contributed by atoms with Crippen molar-refractivity contribution >= 4 is 22.4 Å². The summed E-state index contributed by atoms with van der Waals surface area (Å²) in [4.78, 5) is 0. The quantitative estimate of drug-likeness (QED) is 0.734.